The molecule has 11 nitrogen and oxygen atoms in total. The molecule has 1 unspecified atom stereocenters. The van der Waals surface area contributed by atoms with Crippen LogP contribution in [0.2, 0.25) is 0 Å². The summed E-state index contributed by atoms with van der Waals surface area (Å²) >= 11 is 0. The van der Waals surface area contributed by atoms with Crippen LogP contribution in [0.25, 0.3) is 0 Å². The van der Waals surface area contributed by atoms with Crippen molar-refractivity contribution in [3.05, 3.63) is 60.2 Å². The van der Waals surface area contributed by atoms with Crippen LogP contribution in [0.3, 0.4) is 0 Å². The van der Waals surface area contributed by atoms with Crippen molar-refractivity contribution in [2.45, 2.75) is 25.9 Å². The zero-order chi connectivity index (χ0) is 27.6. The maximum atomic E-state index is 12.6. The topological polar surface area (TPSA) is 125 Å². The van der Waals surface area contributed by atoms with Crippen LogP contribution in [0.5, 0.6) is 5.75 Å². The Kier molecular flexibility index (Phi) is 9.87. The van der Waals surface area contributed by atoms with Gasteiger partial charge in [-0.05, 0) is 42.8 Å². The Balaban J connectivity index is 1.20. The fraction of sp³-hybridized carbons (Fsp3) is 0.429. The molecular formula is C28H35N5O6. The van der Waals surface area contributed by atoms with E-state index < -0.39 is 12.2 Å². The lowest BCUT2D eigenvalue weighted by atomic mass is 10.1. The van der Waals surface area contributed by atoms with Crippen molar-refractivity contribution >= 4 is 29.7 Å². The molecule has 2 saturated heterocycles. The summed E-state index contributed by atoms with van der Waals surface area (Å²) in [5.41, 5.74) is 1.12. The Morgan fingerprint density at radius 3 is 2.41 bits per heavy atom. The third kappa shape index (κ3) is 8.26. The number of hydrogen-bond acceptors (Lipinski definition) is 9. The first-order valence-electron chi connectivity index (χ1n) is 13.2. The molecule has 2 aromatic rings. The molecule has 4 rings (SSSR count). The normalized spacial score (nSPS) is 17.9. The summed E-state index contributed by atoms with van der Waals surface area (Å²) in [5, 5.41) is 10.6. The summed E-state index contributed by atoms with van der Waals surface area (Å²) in [7, 11) is 0. The van der Waals surface area contributed by atoms with Crippen LogP contribution in [0.1, 0.15) is 25.3 Å². The number of amides is 2. The molecule has 2 aliphatic rings. The lowest BCUT2D eigenvalue weighted by Gasteiger charge is -2.34. The molecule has 0 aromatic heterocycles. The third-order valence-electron chi connectivity index (χ3n) is 6.56. The van der Waals surface area contributed by atoms with Gasteiger partial charge in [0, 0.05) is 44.0 Å². The number of esters is 1. The van der Waals surface area contributed by atoms with E-state index in [9.17, 15) is 14.4 Å². The van der Waals surface area contributed by atoms with Gasteiger partial charge < -0.3 is 14.2 Å². The molecule has 0 saturated carbocycles. The van der Waals surface area contributed by atoms with Crippen molar-refractivity contribution in [3.63, 3.8) is 0 Å². The monoisotopic (exact) mass is 537 g/mol. The molecule has 2 aromatic carbocycles. The Morgan fingerprint density at radius 1 is 1.03 bits per heavy atom. The van der Waals surface area contributed by atoms with Gasteiger partial charge in [-0.2, -0.15) is 0 Å². The Bertz CT molecular complexity index is 1130. The number of hydrogen-bond donors (Lipinski definition) is 2. The summed E-state index contributed by atoms with van der Waals surface area (Å²) in [4.78, 5) is 42.5. The number of amidine groups is 1. The molecule has 1 atom stereocenters. The van der Waals surface area contributed by atoms with E-state index in [4.69, 9.17) is 19.6 Å². The van der Waals surface area contributed by atoms with E-state index in [0.717, 1.165) is 39.0 Å². The average molecular weight is 538 g/mol. The molecule has 2 amide bonds. The highest BCUT2D eigenvalue weighted by Gasteiger charge is 2.34. The van der Waals surface area contributed by atoms with Crippen LogP contribution in [0, 0.1) is 5.41 Å². The maximum Gasteiger partial charge on any atom is 0.418 e. The van der Waals surface area contributed by atoms with E-state index in [1.54, 1.807) is 53.4 Å². The SMILES string of the molecule is CCCCOC(=O)CN1CCN(CC2CN(c3ccc(C(=N)NC(=O)Oc4ccccc4)cc3)C(=O)O2)CC1. The quantitative estimate of drug-likeness (QED) is 0.205. The molecule has 2 aliphatic heterocycles. The lowest BCUT2D eigenvalue weighted by Crippen LogP contribution is -2.50. The first-order valence-corrected chi connectivity index (χ1v) is 13.2. The van der Waals surface area contributed by atoms with Crippen molar-refractivity contribution < 1.29 is 28.6 Å². The predicted octanol–water partition coefficient (Wildman–Crippen LogP) is 3.09. The molecule has 2 N–H and O–H groups in total. The average Bonchev–Trinajstić information content (AvgIpc) is 3.30. The molecule has 0 radical (unpaired) electrons. The first-order chi connectivity index (χ1) is 18.9. The van der Waals surface area contributed by atoms with E-state index in [-0.39, 0.29) is 17.9 Å². The highest BCUT2D eigenvalue weighted by molar-refractivity contribution is 6.05. The molecule has 0 spiro atoms. The van der Waals surface area contributed by atoms with Crippen molar-refractivity contribution in [2.24, 2.45) is 0 Å². The van der Waals surface area contributed by atoms with Gasteiger partial charge in [0.15, 0.2) is 0 Å². The van der Waals surface area contributed by atoms with Crippen molar-refractivity contribution in [3.8, 4) is 5.75 Å². The summed E-state index contributed by atoms with van der Waals surface area (Å²) < 4.78 is 16.0. The number of nitrogens with zero attached hydrogens (tertiary/aromatic N) is 3. The third-order valence-corrected chi connectivity index (χ3v) is 6.56. The second kappa shape index (κ2) is 13.7. The minimum atomic E-state index is -0.756. The number of cyclic esters (lactones) is 1. The number of benzene rings is 2. The van der Waals surface area contributed by atoms with E-state index in [2.05, 4.69) is 22.0 Å². The van der Waals surface area contributed by atoms with Crippen LogP contribution in [0.4, 0.5) is 15.3 Å². The van der Waals surface area contributed by atoms with Gasteiger partial charge in [0.05, 0.1) is 19.7 Å². The number of rotatable bonds is 10. The largest absolute Gasteiger partial charge is 0.465 e. The first kappa shape index (κ1) is 28.1. The van der Waals surface area contributed by atoms with E-state index in [0.29, 0.717) is 43.2 Å². The van der Waals surface area contributed by atoms with Crippen LogP contribution >= 0.6 is 0 Å². The molecule has 39 heavy (non-hydrogen) atoms. The minimum absolute atomic E-state index is 0.113. The number of anilines is 1. The van der Waals surface area contributed by atoms with Crippen LogP contribution in [-0.2, 0) is 14.3 Å². The van der Waals surface area contributed by atoms with E-state index in [1.165, 1.54) is 0 Å². The van der Waals surface area contributed by atoms with Crippen LogP contribution in [-0.4, -0.2) is 92.3 Å². The predicted molar refractivity (Wildman–Crippen MR) is 145 cm³/mol. The molecule has 0 bridgehead atoms. The number of para-hydroxylation sites is 1. The zero-order valence-electron chi connectivity index (χ0n) is 22.1. The van der Waals surface area contributed by atoms with Gasteiger partial charge >= 0.3 is 18.2 Å². The maximum absolute atomic E-state index is 12.6. The summed E-state index contributed by atoms with van der Waals surface area (Å²) in [6.45, 7) is 6.96. The number of ether oxygens (including phenoxy) is 3. The van der Waals surface area contributed by atoms with E-state index >= 15 is 0 Å². The zero-order valence-corrected chi connectivity index (χ0v) is 22.1. The molecule has 2 heterocycles. The fourth-order valence-corrected chi connectivity index (χ4v) is 4.41. The van der Waals surface area contributed by atoms with Gasteiger partial charge in [-0.15, -0.1) is 0 Å². The highest BCUT2D eigenvalue weighted by Crippen LogP contribution is 2.23. The number of nitrogens with one attached hydrogen (secondary N) is 2. The fourth-order valence-electron chi connectivity index (χ4n) is 4.41. The van der Waals surface area contributed by atoms with Crippen molar-refractivity contribution in [2.75, 3.05) is 57.3 Å². The summed E-state index contributed by atoms with van der Waals surface area (Å²) in [5.74, 6) is 0.0867. The Labute approximate surface area is 228 Å². The standard InChI is InChI=1S/C28H35N5O6/c1-2-3-17-37-25(34)20-32-15-13-31(14-16-32)18-24-19-33(28(36)39-24)22-11-9-21(10-12-22)26(29)30-27(35)38-23-7-5-4-6-8-23/h4-12,24H,2-3,13-20H2,1H3,(H2,29,30,35). The van der Waals surface area contributed by atoms with E-state index in [1.807, 2.05) is 6.07 Å². The number of piperazine rings is 1. The van der Waals surface area contributed by atoms with Gasteiger partial charge in [-0.3, -0.25) is 30.2 Å². The van der Waals surface area contributed by atoms with Gasteiger partial charge in [-0.25, -0.2) is 9.59 Å². The molecular weight excluding hydrogens is 502 g/mol. The minimum Gasteiger partial charge on any atom is -0.465 e. The molecule has 0 aliphatic carbocycles. The van der Waals surface area contributed by atoms with Gasteiger partial charge in [0.2, 0.25) is 0 Å². The van der Waals surface area contributed by atoms with Crippen molar-refractivity contribution in [1.82, 2.24) is 15.1 Å². The Hall–Kier alpha value is -3.96. The lowest BCUT2D eigenvalue weighted by molar-refractivity contribution is -0.145. The summed E-state index contributed by atoms with van der Waals surface area (Å²) in [6.07, 6.45) is 0.439. The van der Waals surface area contributed by atoms with Crippen molar-refractivity contribution in [1.29, 1.82) is 5.41 Å². The summed E-state index contributed by atoms with van der Waals surface area (Å²) in [6, 6.07) is 15.4. The smallest absolute Gasteiger partial charge is 0.418 e. The Morgan fingerprint density at radius 2 is 1.72 bits per heavy atom. The number of unbranched alkanes of at least 4 members (excludes halogenated alkanes) is 1. The van der Waals surface area contributed by atoms with Gasteiger partial charge in [0.25, 0.3) is 0 Å². The second-order valence-corrected chi connectivity index (χ2v) is 9.52. The van der Waals surface area contributed by atoms with Crippen LogP contribution < -0.4 is 15.0 Å². The van der Waals surface area contributed by atoms with Gasteiger partial charge in [-0.1, -0.05) is 31.5 Å². The van der Waals surface area contributed by atoms with Crippen LogP contribution in [0.15, 0.2) is 54.6 Å². The second-order valence-electron chi connectivity index (χ2n) is 9.52. The highest BCUT2D eigenvalue weighted by atomic mass is 16.6. The molecule has 208 valence electrons. The number of carbonyl (C=O) groups excluding carboxylic acids is 3. The molecule has 2 fully saturated rings. The van der Waals surface area contributed by atoms with Gasteiger partial charge in [0.1, 0.15) is 17.7 Å². The number of carbonyl (C=O) groups is 3. The molecule has 11 heteroatoms.